The van der Waals surface area contributed by atoms with Crippen LogP contribution in [0.1, 0.15) is 32.6 Å². The van der Waals surface area contributed by atoms with Crippen LogP contribution in [0.2, 0.25) is 0 Å². The van der Waals surface area contributed by atoms with Gasteiger partial charge in [-0.15, -0.1) is 0 Å². The molecule has 0 aromatic heterocycles. The summed E-state index contributed by atoms with van der Waals surface area (Å²) in [5.41, 5.74) is 0. The molecule has 1 N–H and O–H groups in total. The highest BCUT2D eigenvalue weighted by molar-refractivity contribution is 5.73. The Balaban J connectivity index is 2.48. The molecule has 0 aromatic carbocycles. The summed E-state index contributed by atoms with van der Waals surface area (Å²) in [5, 5.41) is 3.19. The van der Waals surface area contributed by atoms with Gasteiger partial charge in [0.05, 0.1) is 12.5 Å². The first-order valence-corrected chi connectivity index (χ1v) is 5.13. The van der Waals surface area contributed by atoms with E-state index >= 15 is 0 Å². The maximum absolute atomic E-state index is 11.5. The fourth-order valence-corrected chi connectivity index (χ4v) is 2.01. The molecule has 0 amide bonds. The molecule has 1 aliphatic rings. The summed E-state index contributed by atoms with van der Waals surface area (Å²) in [6.07, 6.45) is 4.45. The molecule has 0 bridgehead atoms. The van der Waals surface area contributed by atoms with Crippen molar-refractivity contribution in [2.45, 2.75) is 38.6 Å². The second kappa shape index (κ2) is 5.22. The van der Waals surface area contributed by atoms with E-state index in [1.54, 1.807) is 0 Å². The van der Waals surface area contributed by atoms with Gasteiger partial charge in [-0.3, -0.25) is 4.79 Å². The predicted octanol–water partition coefficient (Wildman–Crippen LogP) is 1.33. The van der Waals surface area contributed by atoms with E-state index in [0.29, 0.717) is 12.6 Å². The molecule has 1 rings (SSSR count). The number of esters is 1. The molecule has 0 unspecified atom stereocenters. The standard InChI is InChI=1S/C10H19NO2/c1-3-13-10(12)8-6-4-5-7-9(8)11-2/h8-9,11H,3-7H2,1-2H3/t8-,9+/m0/s1. The van der Waals surface area contributed by atoms with E-state index < -0.39 is 0 Å². The number of ether oxygens (including phenoxy) is 1. The third kappa shape index (κ3) is 2.69. The van der Waals surface area contributed by atoms with E-state index in [9.17, 15) is 4.79 Å². The van der Waals surface area contributed by atoms with E-state index in [0.717, 1.165) is 19.3 Å². The van der Waals surface area contributed by atoms with Gasteiger partial charge in [-0.1, -0.05) is 12.8 Å². The summed E-state index contributed by atoms with van der Waals surface area (Å²) >= 11 is 0. The Morgan fingerprint density at radius 3 is 2.77 bits per heavy atom. The van der Waals surface area contributed by atoms with Crippen LogP contribution < -0.4 is 5.32 Å². The van der Waals surface area contributed by atoms with Crippen molar-refractivity contribution in [2.24, 2.45) is 5.92 Å². The molecule has 0 radical (unpaired) electrons. The fraction of sp³-hybridized carbons (Fsp3) is 0.900. The maximum atomic E-state index is 11.5. The molecular formula is C10H19NO2. The minimum absolute atomic E-state index is 0.0263. The number of rotatable bonds is 3. The minimum Gasteiger partial charge on any atom is -0.466 e. The molecule has 3 nitrogen and oxygen atoms in total. The molecule has 0 heterocycles. The molecule has 1 saturated carbocycles. The van der Waals surface area contributed by atoms with Crippen molar-refractivity contribution < 1.29 is 9.53 Å². The lowest BCUT2D eigenvalue weighted by molar-refractivity contribution is -0.150. The molecular weight excluding hydrogens is 166 g/mol. The first-order chi connectivity index (χ1) is 6.29. The van der Waals surface area contributed by atoms with Crippen LogP contribution in [0.3, 0.4) is 0 Å². The van der Waals surface area contributed by atoms with Crippen LogP contribution in [-0.4, -0.2) is 25.7 Å². The van der Waals surface area contributed by atoms with E-state index in [2.05, 4.69) is 5.32 Å². The first kappa shape index (κ1) is 10.5. The Hall–Kier alpha value is -0.570. The van der Waals surface area contributed by atoms with Crippen molar-refractivity contribution in [1.82, 2.24) is 5.32 Å². The number of carbonyl (C=O) groups is 1. The van der Waals surface area contributed by atoms with Crippen LogP contribution in [0.4, 0.5) is 0 Å². The van der Waals surface area contributed by atoms with E-state index in [1.165, 1.54) is 6.42 Å². The number of carbonyl (C=O) groups excluding carboxylic acids is 1. The van der Waals surface area contributed by atoms with Gasteiger partial charge in [0.1, 0.15) is 0 Å². The summed E-state index contributed by atoms with van der Waals surface area (Å²) in [7, 11) is 1.92. The van der Waals surface area contributed by atoms with Crippen LogP contribution in [0.25, 0.3) is 0 Å². The third-order valence-electron chi connectivity index (χ3n) is 2.73. The summed E-state index contributed by atoms with van der Waals surface area (Å²) < 4.78 is 5.03. The maximum Gasteiger partial charge on any atom is 0.310 e. The summed E-state index contributed by atoms with van der Waals surface area (Å²) in [4.78, 5) is 11.5. The highest BCUT2D eigenvalue weighted by Crippen LogP contribution is 2.25. The molecule has 2 atom stereocenters. The molecule has 1 aliphatic carbocycles. The van der Waals surface area contributed by atoms with E-state index in [-0.39, 0.29) is 11.9 Å². The largest absolute Gasteiger partial charge is 0.466 e. The van der Waals surface area contributed by atoms with Gasteiger partial charge in [-0.25, -0.2) is 0 Å². The fourth-order valence-electron chi connectivity index (χ4n) is 2.01. The molecule has 1 fully saturated rings. The average Bonchev–Trinajstić information content (AvgIpc) is 2.18. The van der Waals surface area contributed by atoms with Gasteiger partial charge in [-0.2, -0.15) is 0 Å². The molecule has 76 valence electrons. The zero-order valence-corrected chi connectivity index (χ0v) is 8.51. The highest BCUT2D eigenvalue weighted by Gasteiger charge is 2.30. The van der Waals surface area contributed by atoms with Crippen molar-refractivity contribution in [2.75, 3.05) is 13.7 Å². The van der Waals surface area contributed by atoms with Gasteiger partial charge in [-0.05, 0) is 26.8 Å². The van der Waals surface area contributed by atoms with Gasteiger partial charge >= 0.3 is 5.97 Å². The van der Waals surface area contributed by atoms with Crippen molar-refractivity contribution in [3.05, 3.63) is 0 Å². The molecule has 0 aliphatic heterocycles. The monoisotopic (exact) mass is 185 g/mol. The van der Waals surface area contributed by atoms with Crippen molar-refractivity contribution >= 4 is 5.97 Å². The minimum atomic E-state index is -0.0263. The topological polar surface area (TPSA) is 38.3 Å². The van der Waals surface area contributed by atoms with Gasteiger partial charge in [0.2, 0.25) is 0 Å². The zero-order valence-electron chi connectivity index (χ0n) is 8.51. The molecule has 3 heteroatoms. The molecule has 0 saturated heterocycles. The third-order valence-corrected chi connectivity index (χ3v) is 2.73. The van der Waals surface area contributed by atoms with Crippen molar-refractivity contribution in [1.29, 1.82) is 0 Å². The van der Waals surface area contributed by atoms with Gasteiger partial charge in [0.25, 0.3) is 0 Å². The van der Waals surface area contributed by atoms with Crippen LogP contribution in [-0.2, 0) is 9.53 Å². The Labute approximate surface area is 79.8 Å². The normalized spacial score (nSPS) is 28.5. The van der Waals surface area contributed by atoms with Crippen molar-refractivity contribution in [3.8, 4) is 0 Å². The number of hydrogen-bond donors (Lipinski definition) is 1. The van der Waals surface area contributed by atoms with Gasteiger partial charge < -0.3 is 10.1 Å². The summed E-state index contributed by atoms with van der Waals surface area (Å²) in [6.45, 7) is 2.35. The number of nitrogens with one attached hydrogen (secondary N) is 1. The SMILES string of the molecule is CCOC(=O)[C@H]1CCCC[C@H]1NC. The lowest BCUT2D eigenvalue weighted by Gasteiger charge is -2.29. The Kier molecular flexibility index (Phi) is 4.22. The van der Waals surface area contributed by atoms with E-state index in [1.807, 2.05) is 14.0 Å². The van der Waals surface area contributed by atoms with Crippen LogP contribution in [0.15, 0.2) is 0 Å². The molecule has 13 heavy (non-hydrogen) atoms. The van der Waals surface area contributed by atoms with E-state index in [4.69, 9.17) is 4.74 Å². The van der Waals surface area contributed by atoms with Crippen LogP contribution in [0.5, 0.6) is 0 Å². The Morgan fingerprint density at radius 2 is 2.15 bits per heavy atom. The molecule has 0 aromatic rings. The van der Waals surface area contributed by atoms with Gasteiger partial charge in [0.15, 0.2) is 0 Å². The van der Waals surface area contributed by atoms with Crippen molar-refractivity contribution in [3.63, 3.8) is 0 Å². The highest BCUT2D eigenvalue weighted by atomic mass is 16.5. The molecule has 0 spiro atoms. The first-order valence-electron chi connectivity index (χ1n) is 5.13. The summed E-state index contributed by atoms with van der Waals surface area (Å²) in [6, 6.07) is 0.327. The quantitative estimate of drug-likeness (QED) is 0.674. The van der Waals surface area contributed by atoms with Gasteiger partial charge in [0, 0.05) is 6.04 Å². The Bertz CT molecular complexity index is 170. The average molecular weight is 185 g/mol. The lowest BCUT2D eigenvalue weighted by atomic mass is 9.84. The summed E-state index contributed by atoms with van der Waals surface area (Å²) in [5.74, 6) is 0.0558. The second-order valence-corrected chi connectivity index (χ2v) is 3.54. The van der Waals surface area contributed by atoms with Crippen LogP contribution >= 0.6 is 0 Å². The van der Waals surface area contributed by atoms with Crippen LogP contribution in [0, 0.1) is 5.92 Å². The lowest BCUT2D eigenvalue weighted by Crippen LogP contribution is -2.41. The number of hydrogen-bond acceptors (Lipinski definition) is 3. The predicted molar refractivity (Wildman–Crippen MR) is 51.4 cm³/mol. The Morgan fingerprint density at radius 1 is 1.46 bits per heavy atom. The zero-order chi connectivity index (χ0) is 9.68. The second-order valence-electron chi connectivity index (χ2n) is 3.54. The smallest absolute Gasteiger partial charge is 0.310 e.